The summed E-state index contributed by atoms with van der Waals surface area (Å²) in [6.07, 6.45) is 4.61. The average molecular weight is 424 g/mol. The molecule has 2 aromatic heterocycles. The Bertz CT molecular complexity index is 1270. The molecule has 2 heterocycles. The number of fused-ring (bicyclic) bond motifs is 4. The first-order chi connectivity index (χ1) is 15.7. The smallest absolute Gasteiger partial charge is 0.220 e. The molecule has 2 aliphatic carbocycles. The van der Waals surface area contributed by atoms with E-state index < -0.39 is 0 Å². The predicted octanol–water partition coefficient (Wildman–Crippen LogP) is 5.35. The van der Waals surface area contributed by atoms with Crippen LogP contribution < -0.4 is 4.74 Å². The molecule has 0 saturated carbocycles. The predicted molar refractivity (Wildman–Crippen MR) is 122 cm³/mol. The van der Waals surface area contributed by atoms with Crippen molar-refractivity contribution in [3.05, 3.63) is 95.0 Å². The van der Waals surface area contributed by atoms with Crippen LogP contribution in [0.5, 0.6) is 5.88 Å². The molecule has 32 heavy (non-hydrogen) atoms. The van der Waals surface area contributed by atoms with Gasteiger partial charge in [-0.05, 0) is 30.7 Å². The van der Waals surface area contributed by atoms with E-state index in [9.17, 15) is 0 Å². The van der Waals surface area contributed by atoms with Crippen molar-refractivity contribution in [2.24, 2.45) is 5.92 Å². The first-order valence-corrected chi connectivity index (χ1v) is 11.2. The summed E-state index contributed by atoms with van der Waals surface area (Å²) in [5, 5.41) is 4.16. The van der Waals surface area contributed by atoms with Crippen LogP contribution in [-0.2, 0) is 18.3 Å². The maximum absolute atomic E-state index is 5.83. The van der Waals surface area contributed by atoms with Gasteiger partial charge in [-0.15, -0.1) is 0 Å². The summed E-state index contributed by atoms with van der Waals surface area (Å²) in [6, 6.07) is 21.0. The molecule has 0 unspecified atom stereocenters. The molecule has 0 spiro atoms. The van der Waals surface area contributed by atoms with Crippen LogP contribution in [0.4, 0.5) is 0 Å². The number of nitrogens with zero attached hydrogens (tertiary/aromatic N) is 3. The summed E-state index contributed by atoms with van der Waals surface area (Å²) >= 11 is 0. The third-order valence-corrected chi connectivity index (χ3v) is 7.41. The number of methoxy groups -OCH3 is 1. The van der Waals surface area contributed by atoms with E-state index >= 15 is 0 Å². The second-order valence-corrected chi connectivity index (χ2v) is 8.91. The Morgan fingerprint density at radius 2 is 1.75 bits per heavy atom. The standard InChI is InChI=1S/C27H25N3O2/c1-17-22-14-13-21-24(29-25(30-26(21)31-2)18-9-5-3-6-10-18)27(22,20-11-7-4-8-12-20)15-19-16-28-32-23(17)19/h3-12,16-17,22H,13-15H2,1-2H3/t17-,22-,27+/m0/s1. The molecular weight excluding hydrogens is 398 g/mol. The van der Waals surface area contributed by atoms with Gasteiger partial charge in [0.15, 0.2) is 5.82 Å². The van der Waals surface area contributed by atoms with E-state index in [0.29, 0.717) is 17.6 Å². The lowest BCUT2D eigenvalue weighted by Crippen LogP contribution is -2.48. The van der Waals surface area contributed by atoms with Gasteiger partial charge in [-0.2, -0.15) is 4.98 Å². The fourth-order valence-corrected chi connectivity index (χ4v) is 6.01. The van der Waals surface area contributed by atoms with E-state index in [1.807, 2.05) is 24.4 Å². The molecule has 160 valence electrons. The largest absolute Gasteiger partial charge is 0.481 e. The number of hydrogen-bond acceptors (Lipinski definition) is 5. The van der Waals surface area contributed by atoms with E-state index in [4.69, 9.17) is 19.2 Å². The number of aromatic nitrogens is 3. The monoisotopic (exact) mass is 423 g/mol. The van der Waals surface area contributed by atoms with Crippen molar-refractivity contribution in [1.29, 1.82) is 0 Å². The fourth-order valence-electron chi connectivity index (χ4n) is 6.01. The van der Waals surface area contributed by atoms with Crippen LogP contribution in [0.2, 0.25) is 0 Å². The normalized spacial score (nSPS) is 23.7. The van der Waals surface area contributed by atoms with Crippen molar-refractivity contribution >= 4 is 0 Å². The highest BCUT2D eigenvalue weighted by molar-refractivity contribution is 5.59. The second kappa shape index (κ2) is 7.30. The molecule has 0 fully saturated rings. The molecule has 5 heteroatoms. The molecule has 0 aliphatic heterocycles. The average Bonchev–Trinajstić information content (AvgIpc) is 3.33. The van der Waals surface area contributed by atoms with Gasteiger partial charge >= 0.3 is 0 Å². The first kappa shape index (κ1) is 19.2. The van der Waals surface area contributed by atoms with Gasteiger partial charge in [0.05, 0.1) is 19.0 Å². The number of ether oxygens (including phenoxy) is 1. The Hall–Kier alpha value is -3.47. The summed E-state index contributed by atoms with van der Waals surface area (Å²) < 4.78 is 11.6. The summed E-state index contributed by atoms with van der Waals surface area (Å²) in [4.78, 5) is 10.1. The van der Waals surface area contributed by atoms with E-state index in [1.54, 1.807) is 7.11 Å². The molecule has 0 saturated heterocycles. The highest BCUT2D eigenvalue weighted by atomic mass is 16.5. The van der Waals surface area contributed by atoms with Crippen molar-refractivity contribution in [1.82, 2.24) is 15.1 Å². The summed E-state index contributed by atoms with van der Waals surface area (Å²) in [5.41, 5.74) is 5.37. The lowest BCUT2D eigenvalue weighted by atomic mass is 9.53. The number of hydrogen-bond donors (Lipinski definition) is 0. The summed E-state index contributed by atoms with van der Waals surface area (Å²) in [5.74, 6) is 3.01. The minimum absolute atomic E-state index is 0.246. The lowest BCUT2D eigenvalue weighted by Gasteiger charge is -2.50. The zero-order chi connectivity index (χ0) is 21.7. The Morgan fingerprint density at radius 1 is 1.00 bits per heavy atom. The quantitative estimate of drug-likeness (QED) is 0.445. The highest BCUT2D eigenvalue weighted by Crippen LogP contribution is 2.57. The molecule has 5 nitrogen and oxygen atoms in total. The topological polar surface area (TPSA) is 61.0 Å². The Morgan fingerprint density at radius 3 is 2.50 bits per heavy atom. The lowest BCUT2D eigenvalue weighted by molar-refractivity contribution is 0.186. The van der Waals surface area contributed by atoms with Crippen molar-refractivity contribution in [2.45, 2.75) is 37.5 Å². The molecule has 0 bridgehead atoms. The van der Waals surface area contributed by atoms with Gasteiger partial charge in [-0.3, -0.25) is 0 Å². The first-order valence-electron chi connectivity index (χ1n) is 11.2. The van der Waals surface area contributed by atoms with Crippen LogP contribution in [0.15, 0.2) is 71.4 Å². The maximum Gasteiger partial charge on any atom is 0.220 e. The number of benzene rings is 2. The van der Waals surface area contributed by atoms with Crippen molar-refractivity contribution in [3.63, 3.8) is 0 Å². The van der Waals surface area contributed by atoms with Gasteiger partial charge in [-0.25, -0.2) is 4.98 Å². The van der Waals surface area contributed by atoms with E-state index in [-0.39, 0.29) is 11.3 Å². The van der Waals surface area contributed by atoms with Crippen LogP contribution in [-0.4, -0.2) is 22.2 Å². The maximum atomic E-state index is 5.83. The third-order valence-electron chi connectivity index (χ3n) is 7.41. The summed E-state index contributed by atoms with van der Waals surface area (Å²) in [7, 11) is 1.71. The van der Waals surface area contributed by atoms with Gasteiger partial charge in [-0.1, -0.05) is 72.7 Å². The van der Waals surface area contributed by atoms with Crippen LogP contribution in [0, 0.1) is 5.92 Å². The van der Waals surface area contributed by atoms with E-state index in [2.05, 4.69) is 54.5 Å². The zero-order valence-corrected chi connectivity index (χ0v) is 18.3. The Kier molecular flexibility index (Phi) is 4.39. The highest BCUT2D eigenvalue weighted by Gasteiger charge is 2.54. The second-order valence-electron chi connectivity index (χ2n) is 8.91. The molecule has 0 radical (unpaired) electrons. The van der Waals surface area contributed by atoms with Crippen LogP contribution >= 0.6 is 0 Å². The van der Waals surface area contributed by atoms with Gasteiger partial charge in [0.1, 0.15) is 5.76 Å². The summed E-state index contributed by atoms with van der Waals surface area (Å²) in [6.45, 7) is 2.27. The molecule has 2 aromatic carbocycles. The van der Waals surface area contributed by atoms with Crippen molar-refractivity contribution < 1.29 is 9.26 Å². The molecule has 6 rings (SSSR count). The molecule has 3 atom stereocenters. The SMILES string of the molecule is COc1nc(-c2ccccc2)nc2c1CC[C@H]1[C@H](C)c3oncc3C[C@]21c1ccccc1. The molecule has 0 amide bonds. The van der Waals surface area contributed by atoms with Gasteiger partial charge in [0.2, 0.25) is 5.88 Å². The minimum Gasteiger partial charge on any atom is -0.481 e. The van der Waals surface area contributed by atoms with Crippen LogP contribution in [0.3, 0.4) is 0 Å². The van der Waals surface area contributed by atoms with Crippen molar-refractivity contribution in [2.75, 3.05) is 7.11 Å². The molecule has 2 aliphatic rings. The van der Waals surface area contributed by atoms with Crippen LogP contribution in [0.25, 0.3) is 11.4 Å². The molecule has 0 N–H and O–H groups in total. The van der Waals surface area contributed by atoms with Gasteiger partial charge in [0, 0.05) is 28.0 Å². The fraction of sp³-hybridized carbons (Fsp3) is 0.296. The Balaban J connectivity index is 1.67. The minimum atomic E-state index is -0.285. The Labute approximate surface area is 187 Å². The number of rotatable bonds is 3. The molecule has 4 aromatic rings. The molecular formula is C27H25N3O2. The van der Waals surface area contributed by atoms with Gasteiger partial charge < -0.3 is 9.26 Å². The zero-order valence-electron chi connectivity index (χ0n) is 18.3. The van der Waals surface area contributed by atoms with Crippen molar-refractivity contribution in [3.8, 4) is 17.3 Å². The third kappa shape index (κ3) is 2.67. The van der Waals surface area contributed by atoms with Gasteiger partial charge in [0.25, 0.3) is 0 Å². The van der Waals surface area contributed by atoms with E-state index in [0.717, 1.165) is 41.8 Å². The van der Waals surface area contributed by atoms with E-state index in [1.165, 1.54) is 11.1 Å². The van der Waals surface area contributed by atoms with Crippen LogP contribution in [0.1, 0.15) is 47.4 Å².